The smallest absolute Gasteiger partial charge is 0.170 e. The summed E-state index contributed by atoms with van der Waals surface area (Å²) in [6.07, 6.45) is 8.05. The van der Waals surface area contributed by atoms with Gasteiger partial charge < -0.3 is 15.8 Å². The summed E-state index contributed by atoms with van der Waals surface area (Å²) in [5.74, 6) is 1.90. The molecule has 1 saturated heterocycles. The van der Waals surface area contributed by atoms with Crippen LogP contribution in [-0.2, 0) is 0 Å². The van der Waals surface area contributed by atoms with Gasteiger partial charge in [0.05, 0.1) is 0 Å². The Kier molecular flexibility index (Phi) is 5.21. The Morgan fingerprint density at radius 3 is 3.10 bits per heavy atom. The van der Waals surface area contributed by atoms with Crippen molar-refractivity contribution in [3.8, 4) is 0 Å². The first kappa shape index (κ1) is 14.6. The zero-order chi connectivity index (χ0) is 14.4. The number of hydrogen-bond acceptors (Lipinski definition) is 4. The van der Waals surface area contributed by atoms with E-state index in [9.17, 15) is 0 Å². The van der Waals surface area contributed by atoms with Crippen LogP contribution in [0.15, 0.2) is 23.5 Å². The summed E-state index contributed by atoms with van der Waals surface area (Å²) in [6, 6.07) is 3.66. The third-order valence-corrected chi connectivity index (χ3v) is 4.02. The van der Waals surface area contributed by atoms with Crippen molar-refractivity contribution in [1.82, 2.24) is 4.98 Å². The number of amidine groups is 1. The van der Waals surface area contributed by atoms with Crippen molar-refractivity contribution in [2.24, 2.45) is 16.8 Å². The number of rotatable bonds is 4. The molecule has 0 aromatic carbocycles. The Bertz CT molecular complexity index is 461. The van der Waals surface area contributed by atoms with E-state index in [1.54, 1.807) is 12.3 Å². The minimum Gasteiger partial charge on any atom is -0.409 e. The molecule has 20 heavy (non-hydrogen) atoms. The van der Waals surface area contributed by atoms with Crippen molar-refractivity contribution < 1.29 is 5.21 Å². The van der Waals surface area contributed by atoms with E-state index in [0.717, 1.165) is 24.8 Å². The highest BCUT2D eigenvalue weighted by atomic mass is 16.4. The molecule has 0 saturated carbocycles. The van der Waals surface area contributed by atoms with E-state index in [1.165, 1.54) is 32.1 Å². The van der Waals surface area contributed by atoms with Crippen LogP contribution >= 0.6 is 0 Å². The summed E-state index contributed by atoms with van der Waals surface area (Å²) >= 11 is 0. The van der Waals surface area contributed by atoms with Gasteiger partial charge in [-0.15, -0.1) is 0 Å². The highest BCUT2D eigenvalue weighted by Crippen LogP contribution is 2.24. The van der Waals surface area contributed by atoms with E-state index in [-0.39, 0.29) is 5.84 Å². The van der Waals surface area contributed by atoms with Gasteiger partial charge in [-0.05, 0) is 37.3 Å². The van der Waals surface area contributed by atoms with E-state index in [1.807, 2.05) is 6.07 Å². The molecule has 1 unspecified atom stereocenters. The minimum absolute atomic E-state index is 0.132. The number of aromatic nitrogens is 1. The lowest BCUT2D eigenvalue weighted by Crippen LogP contribution is -2.26. The number of oxime groups is 1. The lowest BCUT2D eigenvalue weighted by molar-refractivity contribution is 0.318. The van der Waals surface area contributed by atoms with E-state index in [2.05, 4.69) is 22.0 Å². The predicted octanol–water partition coefficient (Wildman–Crippen LogP) is 2.58. The summed E-state index contributed by atoms with van der Waals surface area (Å²) in [5.41, 5.74) is 6.35. The van der Waals surface area contributed by atoms with Gasteiger partial charge in [0.15, 0.2) is 5.84 Å². The van der Waals surface area contributed by atoms with Crippen LogP contribution in [0.25, 0.3) is 0 Å². The lowest BCUT2D eigenvalue weighted by Gasteiger charge is -2.22. The maximum absolute atomic E-state index is 8.76. The van der Waals surface area contributed by atoms with Gasteiger partial charge in [-0.3, -0.25) is 0 Å². The van der Waals surface area contributed by atoms with Gasteiger partial charge in [-0.1, -0.05) is 24.9 Å². The third kappa shape index (κ3) is 3.62. The van der Waals surface area contributed by atoms with Crippen molar-refractivity contribution in [3.05, 3.63) is 23.9 Å². The molecule has 0 radical (unpaired) electrons. The summed E-state index contributed by atoms with van der Waals surface area (Å²) in [7, 11) is 0. The number of hydrogen-bond donors (Lipinski definition) is 2. The summed E-state index contributed by atoms with van der Waals surface area (Å²) in [5, 5.41) is 11.8. The largest absolute Gasteiger partial charge is 0.409 e. The Labute approximate surface area is 120 Å². The molecule has 0 amide bonds. The SMILES string of the molecule is CCCC1CCCN(c2cc(C(N)=NO)ccn2)CC1. The molecule has 3 N–H and O–H groups in total. The Balaban J connectivity index is 2.08. The Hall–Kier alpha value is -1.78. The van der Waals surface area contributed by atoms with E-state index in [4.69, 9.17) is 10.9 Å². The Morgan fingerprint density at radius 2 is 2.35 bits per heavy atom. The van der Waals surface area contributed by atoms with Crippen molar-refractivity contribution in [2.45, 2.75) is 39.0 Å². The molecule has 1 aromatic heterocycles. The maximum Gasteiger partial charge on any atom is 0.170 e. The molecule has 1 aliphatic rings. The van der Waals surface area contributed by atoms with Gasteiger partial charge in [0.25, 0.3) is 0 Å². The van der Waals surface area contributed by atoms with Gasteiger partial charge in [0.2, 0.25) is 0 Å². The number of anilines is 1. The molecule has 110 valence electrons. The molecule has 1 atom stereocenters. The maximum atomic E-state index is 8.76. The van der Waals surface area contributed by atoms with Crippen molar-refractivity contribution in [3.63, 3.8) is 0 Å². The van der Waals surface area contributed by atoms with Crippen LogP contribution in [0.2, 0.25) is 0 Å². The first-order valence-corrected chi connectivity index (χ1v) is 7.43. The molecular weight excluding hydrogens is 252 g/mol. The molecule has 0 spiro atoms. The molecule has 1 aliphatic heterocycles. The van der Waals surface area contributed by atoms with Crippen LogP contribution < -0.4 is 10.6 Å². The highest BCUT2D eigenvalue weighted by Gasteiger charge is 2.17. The third-order valence-electron chi connectivity index (χ3n) is 4.02. The second kappa shape index (κ2) is 7.12. The summed E-state index contributed by atoms with van der Waals surface area (Å²) in [6.45, 7) is 4.33. The lowest BCUT2D eigenvalue weighted by atomic mass is 9.96. The van der Waals surface area contributed by atoms with Crippen LogP contribution in [0.1, 0.15) is 44.6 Å². The summed E-state index contributed by atoms with van der Waals surface area (Å²) < 4.78 is 0. The zero-order valence-corrected chi connectivity index (χ0v) is 12.1. The first-order chi connectivity index (χ1) is 9.74. The average molecular weight is 276 g/mol. The van der Waals surface area contributed by atoms with Crippen LogP contribution in [0, 0.1) is 5.92 Å². The number of pyridine rings is 1. The van der Waals surface area contributed by atoms with Gasteiger partial charge in [-0.2, -0.15) is 0 Å². The molecule has 1 fully saturated rings. The average Bonchev–Trinajstić information content (AvgIpc) is 2.73. The number of nitrogens with zero attached hydrogens (tertiary/aromatic N) is 3. The van der Waals surface area contributed by atoms with Gasteiger partial charge in [0.1, 0.15) is 5.82 Å². The molecule has 0 bridgehead atoms. The number of nitrogens with two attached hydrogens (primary N) is 1. The first-order valence-electron chi connectivity index (χ1n) is 7.43. The van der Waals surface area contributed by atoms with E-state index < -0.39 is 0 Å². The molecule has 2 rings (SSSR count). The second-order valence-electron chi connectivity index (χ2n) is 5.46. The predicted molar refractivity (Wildman–Crippen MR) is 81.2 cm³/mol. The van der Waals surface area contributed by atoms with Crippen molar-refractivity contribution >= 4 is 11.7 Å². The van der Waals surface area contributed by atoms with E-state index in [0.29, 0.717) is 5.56 Å². The van der Waals surface area contributed by atoms with Crippen molar-refractivity contribution in [2.75, 3.05) is 18.0 Å². The molecule has 1 aromatic rings. The molecule has 2 heterocycles. The van der Waals surface area contributed by atoms with Crippen LogP contribution in [-0.4, -0.2) is 29.1 Å². The standard InChI is InChI=1S/C15H24N4O/c1-2-4-12-5-3-9-19(10-7-12)14-11-13(6-8-17-14)15(16)18-20/h6,8,11-12,20H,2-5,7,9-10H2,1H3,(H2,16,18). The normalized spacial score (nSPS) is 20.8. The van der Waals surface area contributed by atoms with Gasteiger partial charge in [0, 0.05) is 24.8 Å². The molecule has 5 nitrogen and oxygen atoms in total. The molecular formula is C15H24N4O. The molecule has 0 aliphatic carbocycles. The van der Waals surface area contributed by atoms with E-state index >= 15 is 0 Å². The van der Waals surface area contributed by atoms with Crippen LogP contribution in [0.3, 0.4) is 0 Å². The fourth-order valence-corrected chi connectivity index (χ4v) is 2.90. The quantitative estimate of drug-likeness (QED) is 0.383. The second-order valence-corrected chi connectivity index (χ2v) is 5.46. The molecule has 5 heteroatoms. The minimum atomic E-state index is 0.132. The van der Waals surface area contributed by atoms with Gasteiger partial charge in [-0.25, -0.2) is 4.98 Å². The monoisotopic (exact) mass is 276 g/mol. The fourth-order valence-electron chi connectivity index (χ4n) is 2.90. The zero-order valence-electron chi connectivity index (χ0n) is 12.1. The van der Waals surface area contributed by atoms with Crippen molar-refractivity contribution in [1.29, 1.82) is 0 Å². The van der Waals surface area contributed by atoms with Crippen LogP contribution in [0.4, 0.5) is 5.82 Å². The fraction of sp³-hybridized carbons (Fsp3) is 0.600. The van der Waals surface area contributed by atoms with Gasteiger partial charge >= 0.3 is 0 Å². The van der Waals surface area contributed by atoms with Crippen LogP contribution in [0.5, 0.6) is 0 Å². The Morgan fingerprint density at radius 1 is 1.50 bits per heavy atom. The summed E-state index contributed by atoms with van der Waals surface area (Å²) in [4.78, 5) is 6.74. The topological polar surface area (TPSA) is 74.7 Å². The highest BCUT2D eigenvalue weighted by molar-refractivity contribution is 5.97.